The molecule has 0 aromatic carbocycles. The number of alkyl halides is 1. The molecule has 1 unspecified atom stereocenters. The molecule has 0 amide bonds. The Labute approximate surface area is 69.6 Å². The van der Waals surface area contributed by atoms with E-state index in [2.05, 4.69) is 13.8 Å². The Kier molecular flexibility index (Phi) is 6.52. The smallest absolute Gasteiger partial charge is 0.113 e. The number of halogens is 1. The van der Waals surface area contributed by atoms with Gasteiger partial charge < -0.3 is 4.90 Å². The molecule has 11 heavy (non-hydrogen) atoms. The Bertz CT molecular complexity index is 77.6. The Balaban J connectivity index is 0.000000292. The first kappa shape index (κ1) is 10.9. The van der Waals surface area contributed by atoms with Gasteiger partial charge >= 0.3 is 0 Å². The van der Waals surface area contributed by atoms with Gasteiger partial charge in [0.25, 0.3) is 0 Å². The predicted molar refractivity (Wildman–Crippen MR) is 47.6 cm³/mol. The van der Waals surface area contributed by atoms with Crippen LogP contribution in [0.2, 0.25) is 0 Å². The standard InChI is InChI=1S/C6H12FN.C3H8/c1-8-4-2-3-6(7)5-8;1-3-2/h6H,2-5H2,1H3;3H2,1-2H3. The van der Waals surface area contributed by atoms with Gasteiger partial charge in [0.2, 0.25) is 0 Å². The number of likely N-dealkylation sites (tertiary alicyclic amines) is 1. The van der Waals surface area contributed by atoms with E-state index in [1.165, 1.54) is 6.42 Å². The van der Waals surface area contributed by atoms with Gasteiger partial charge in [-0.3, -0.25) is 0 Å². The number of hydrogen-bond acceptors (Lipinski definition) is 1. The van der Waals surface area contributed by atoms with Crippen molar-refractivity contribution in [3.8, 4) is 0 Å². The van der Waals surface area contributed by atoms with E-state index < -0.39 is 6.17 Å². The lowest BCUT2D eigenvalue weighted by molar-refractivity contribution is 0.163. The quantitative estimate of drug-likeness (QED) is 0.527. The first-order valence-corrected chi connectivity index (χ1v) is 4.53. The van der Waals surface area contributed by atoms with Crippen LogP contribution in [0.15, 0.2) is 0 Å². The normalized spacial score (nSPS) is 25.6. The molecule has 1 aliphatic heterocycles. The first-order chi connectivity index (χ1) is 5.20. The minimum absolute atomic E-state index is 0.561. The van der Waals surface area contributed by atoms with E-state index in [0.717, 1.165) is 19.4 Å². The zero-order valence-corrected chi connectivity index (χ0v) is 7.94. The van der Waals surface area contributed by atoms with Gasteiger partial charge in [0.15, 0.2) is 0 Å². The number of hydrogen-bond donors (Lipinski definition) is 0. The third kappa shape index (κ3) is 6.29. The van der Waals surface area contributed by atoms with Crippen LogP contribution in [0, 0.1) is 0 Å². The van der Waals surface area contributed by atoms with Crippen LogP contribution in [0.5, 0.6) is 0 Å². The molecular formula is C9H20FN. The molecule has 1 atom stereocenters. The Morgan fingerprint density at radius 2 is 2.00 bits per heavy atom. The molecule has 0 N–H and O–H groups in total. The lowest BCUT2D eigenvalue weighted by Crippen LogP contribution is -2.32. The fourth-order valence-electron chi connectivity index (χ4n) is 1.10. The van der Waals surface area contributed by atoms with Crippen LogP contribution in [-0.2, 0) is 0 Å². The molecule has 0 spiro atoms. The van der Waals surface area contributed by atoms with Gasteiger partial charge in [-0.15, -0.1) is 0 Å². The summed E-state index contributed by atoms with van der Waals surface area (Å²) in [5.41, 5.74) is 0. The fourth-order valence-corrected chi connectivity index (χ4v) is 1.10. The van der Waals surface area contributed by atoms with Gasteiger partial charge in [-0.1, -0.05) is 20.3 Å². The van der Waals surface area contributed by atoms with Crippen molar-refractivity contribution in [3.05, 3.63) is 0 Å². The summed E-state index contributed by atoms with van der Waals surface area (Å²) in [5.74, 6) is 0. The van der Waals surface area contributed by atoms with E-state index in [1.807, 2.05) is 11.9 Å². The van der Waals surface area contributed by atoms with Crippen LogP contribution in [0.1, 0.15) is 33.1 Å². The van der Waals surface area contributed by atoms with Crippen LogP contribution in [0.3, 0.4) is 0 Å². The largest absolute Gasteiger partial charge is 0.303 e. The maximum Gasteiger partial charge on any atom is 0.113 e. The molecule has 0 bridgehead atoms. The third-order valence-electron chi connectivity index (χ3n) is 1.57. The predicted octanol–water partition coefficient (Wildman–Crippen LogP) is 2.47. The van der Waals surface area contributed by atoms with Crippen molar-refractivity contribution < 1.29 is 4.39 Å². The molecule has 0 aliphatic carbocycles. The second-order valence-electron chi connectivity index (χ2n) is 3.21. The maximum absolute atomic E-state index is 12.4. The second kappa shape index (κ2) is 6.59. The summed E-state index contributed by atoms with van der Waals surface area (Å²) in [6, 6.07) is 0. The molecule has 1 fully saturated rings. The number of piperidine rings is 1. The van der Waals surface area contributed by atoms with E-state index >= 15 is 0 Å². The summed E-state index contributed by atoms with van der Waals surface area (Å²) in [6.07, 6.45) is 2.48. The van der Waals surface area contributed by atoms with Crippen LogP contribution < -0.4 is 0 Å². The second-order valence-corrected chi connectivity index (χ2v) is 3.21. The van der Waals surface area contributed by atoms with Gasteiger partial charge in [-0.05, 0) is 26.4 Å². The monoisotopic (exact) mass is 161 g/mol. The van der Waals surface area contributed by atoms with Crippen LogP contribution in [-0.4, -0.2) is 31.2 Å². The van der Waals surface area contributed by atoms with Gasteiger partial charge in [0, 0.05) is 6.54 Å². The first-order valence-electron chi connectivity index (χ1n) is 4.53. The molecule has 0 saturated carbocycles. The van der Waals surface area contributed by atoms with Crippen molar-refractivity contribution in [2.75, 3.05) is 20.1 Å². The molecule has 1 saturated heterocycles. The molecule has 1 aliphatic rings. The highest BCUT2D eigenvalue weighted by molar-refractivity contribution is 4.68. The van der Waals surface area contributed by atoms with E-state index in [-0.39, 0.29) is 0 Å². The summed E-state index contributed by atoms with van der Waals surface area (Å²) < 4.78 is 12.4. The Morgan fingerprint density at radius 3 is 2.27 bits per heavy atom. The van der Waals surface area contributed by atoms with Crippen molar-refractivity contribution in [1.82, 2.24) is 4.90 Å². The highest BCUT2D eigenvalue weighted by atomic mass is 19.1. The molecule has 0 aromatic rings. The molecule has 1 nitrogen and oxygen atoms in total. The number of rotatable bonds is 0. The topological polar surface area (TPSA) is 3.24 Å². The van der Waals surface area contributed by atoms with Gasteiger partial charge in [0.1, 0.15) is 6.17 Å². The lowest BCUT2D eigenvalue weighted by atomic mass is 10.1. The Hall–Kier alpha value is -0.110. The molecular weight excluding hydrogens is 141 g/mol. The van der Waals surface area contributed by atoms with E-state index in [1.54, 1.807) is 0 Å². The van der Waals surface area contributed by atoms with Crippen LogP contribution in [0.25, 0.3) is 0 Å². The van der Waals surface area contributed by atoms with E-state index in [4.69, 9.17) is 0 Å². The molecule has 1 heterocycles. The minimum Gasteiger partial charge on any atom is -0.303 e. The molecule has 1 rings (SSSR count). The Morgan fingerprint density at radius 1 is 1.45 bits per heavy atom. The number of nitrogens with zero attached hydrogens (tertiary/aromatic N) is 1. The zero-order valence-electron chi connectivity index (χ0n) is 7.94. The SMILES string of the molecule is CCC.CN1CCCC(F)C1. The van der Waals surface area contributed by atoms with Crippen molar-refractivity contribution >= 4 is 0 Å². The molecule has 2 heteroatoms. The van der Waals surface area contributed by atoms with Crippen LogP contribution in [0.4, 0.5) is 4.39 Å². The summed E-state index contributed by atoms with van der Waals surface area (Å²) in [5, 5.41) is 0. The van der Waals surface area contributed by atoms with Crippen molar-refractivity contribution in [3.63, 3.8) is 0 Å². The van der Waals surface area contributed by atoms with Crippen LogP contribution >= 0.6 is 0 Å². The van der Waals surface area contributed by atoms with Gasteiger partial charge in [-0.2, -0.15) is 0 Å². The highest BCUT2D eigenvalue weighted by Crippen LogP contribution is 2.09. The average molecular weight is 161 g/mol. The van der Waals surface area contributed by atoms with Crippen molar-refractivity contribution in [1.29, 1.82) is 0 Å². The zero-order chi connectivity index (χ0) is 8.69. The summed E-state index contributed by atoms with van der Waals surface area (Å²) in [7, 11) is 1.96. The minimum atomic E-state index is -0.561. The maximum atomic E-state index is 12.4. The lowest BCUT2D eigenvalue weighted by Gasteiger charge is -2.24. The van der Waals surface area contributed by atoms with Gasteiger partial charge in [-0.25, -0.2) is 4.39 Å². The summed E-state index contributed by atoms with van der Waals surface area (Å²) in [6.45, 7) is 5.96. The molecule has 68 valence electrons. The molecule has 0 radical (unpaired) electrons. The van der Waals surface area contributed by atoms with Crippen molar-refractivity contribution in [2.24, 2.45) is 0 Å². The molecule has 0 aromatic heterocycles. The van der Waals surface area contributed by atoms with Gasteiger partial charge in [0.05, 0.1) is 0 Å². The van der Waals surface area contributed by atoms with E-state index in [0.29, 0.717) is 6.54 Å². The fraction of sp³-hybridized carbons (Fsp3) is 1.00. The average Bonchev–Trinajstić information content (AvgIpc) is 1.88. The van der Waals surface area contributed by atoms with Crippen molar-refractivity contribution in [2.45, 2.75) is 39.3 Å². The highest BCUT2D eigenvalue weighted by Gasteiger charge is 2.14. The summed E-state index contributed by atoms with van der Waals surface area (Å²) >= 11 is 0. The summed E-state index contributed by atoms with van der Waals surface area (Å²) in [4.78, 5) is 2.04. The third-order valence-corrected chi connectivity index (χ3v) is 1.57. The van der Waals surface area contributed by atoms with E-state index in [9.17, 15) is 4.39 Å².